The Morgan fingerprint density at radius 3 is 2.29 bits per heavy atom. The Bertz CT molecular complexity index is 1080. The minimum atomic E-state index is -3.84. The molecule has 2 aromatic rings. The van der Waals surface area contributed by atoms with Crippen LogP contribution in [0, 0.1) is 5.82 Å². The molecular formula is C24H32FN3O5S. The Labute approximate surface area is 200 Å². The average Bonchev–Trinajstić information content (AvgIpc) is 2.80. The van der Waals surface area contributed by atoms with Crippen LogP contribution < -0.4 is 14.4 Å². The number of ether oxygens (including phenoxy) is 1. The Morgan fingerprint density at radius 1 is 1.09 bits per heavy atom. The number of halogens is 1. The number of benzene rings is 2. The van der Waals surface area contributed by atoms with E-state index in [1.54, 1.807) is 18.2 Å². The first-order valence-corrected chi connectivity index (χ1v) is 12.9. The normalized spacial score (nSPS) is 12.0. The Balaban J connectivity index is 2.36. The van der Waals surface area contributed by atoms with E-state index in [0.717, 1.165) is 10.6 Å². The maximum absolute atomic E-state index is 14.3. The van der Waals surface area contributed by atoms with E-state index in [0.29, 0.717) is 25.3 Å². The second kappa shape index (κ2) is 12.4. The summed E-state index contributed by atoms with van der Waals surface area (Å²) in [5.74, 6) is -0.999. The van der Waals surface area contributed by atoms with Crippen LogP contribution in [0.15, 0.2) is 48.5 Å². The molecule has 0 radical (unpaired) electrons. The van der Waals surface area contributed by atoms with Gasteiger partial charge in [-0.3, -0.25) is 13.9 Å². The number of hydrogen-bond acceptors (Lipinski definition) is 5. The van der Waals surface area contributed by atoms with Gasteiger partial charge in [-0.05, 0) is 50.6 Å². The lowest BCUT2D eigenvalue weighted by Gasteiger charge is -2.31. The van der Waals surface area contributed by atoms with Gasteiger partial charge < -0.3 is 15.0 Å². The van der Waals surface area contributed by atoms with Crippen LogP contribution in [-0.2, 0) is 26.2 Å². The quantitative estimate of drug-likeness (QED) is 0.491. The number of carbonyl (C=O) groups is 2. The van der Waals surface area contributed by atoms with Crippen LogP contribution in [0.3, 0.4) is 0 Å². The van der Waals surface area contributed by atoms with Gasteiger partial charge in [-0.15, -0.1) is 0 Å². The molecule has 186 valence electrons. The number of sulfonamides is 1. The van der Waals surface area contributed by atoms with Crippen molar-refractivity contribution in [2.24, 2.45) is 0 Å². The van der Waals surface area contributed by atoms with E-state index >= 15 is 0 Å². The lowest BCUT2D eigenvalue weighted by atomic mass is 10.1. The molecule has 2 rings (SSSR count). The zero-order valence-electron chi connectivity index (χ0n) is 20.0. The van der Waals surface area contributed by atoms with Gasteiger partial charge in [-0.25, -0.2) is 12.8 Å². The number of rotatable bonds is 12. The van der Waals surface area contributed by atoms with Crippen LogP contribution in [0.25, 0.3) is 0 Å². The fourth-order valence-corrected chi connectivity index (χ4v) is 4.13. The van der Waals surface area contributed by atoms with Crippen molar-refractivity contribution in [2.75, 3.05) is 30.3 Å². The Morgan fingerprint density at radius 2 is 1.74 bits per heavy atom. The standard InChI is InChI=1S/C24H32FN3O5S/c1-5-15-26-24(30)18(3)27(16-19-9-7-8-10-22(19)25)23(29)17-28(34(4,31)32)20-11-13-21(14-12-20)33-6-2/h7-14,18H,5-6,15-17H2,1-4H3,(H,26,30). The third kappa shape index (κ3) is 7.44. The van der Waals surface area contributed by atoms with Gasteiger partial charge in [-0.2, -0.15) is 0 Å². The molecule has 1 atom stereocenters. The van der Waals surface area contributed by atoms with Gasteiger partial charge in [0.2, 0.25) is 21.8 Å². The zero-order chi connectivity index (χ0) is 25.3. The number of amides is 2. The van der Waals surface area contributed by atoms with Crippen molar-refractivity contribution in [2.45, 2.75) is 39.8 Å². The molecule has 10 heteroatoms. The molecule has 0 aromatic heterocycles. The number of nitrogens with zero attached hydrogens (tertiary/aromatic N) is 2. The van der Waals surface area contributed by atoms with Crippen LogP contribution in [0.4, 0.5) is 10.1 Å². The van der Waals surface area contributed by atoms with Crippen molar-refractivity contribution in [3.8, 4) is 5.75 Å². The topological polar surface area (TPSA) is 96.0 Å². The second-order valence-corrected chi connectivity index (χ2v) is 9.68. The molecule has 0 spiro atoms. The molecule has 0 aliphatic rings. The van der Waals surface area contributed by atoms with Crippen molar-refractivity contribution in [1.82, 2.24) is 10.2 Å². The van der Waals surface area contributed by atoms with Gasteiger partial charge in [0.15, 0.2) is 0 Å². The predicted octanol–water partition coefficient (Wildman–Crippen LogP) is 2.93. The summed E-state index contributed by atoms with van der Waals surface area (Å²) in [6.07, 6.45) is 1.70. The van der Waals surface area contributed by atoms with Gasteiger partial charge in [0.1, 0.15) is 24.2 Å². The van der Waals surface area contributed by atoms with E-state index in [1.807, 2.05) is 13.8 Å². The van der Waals surface area contributed by atoms with Crippen LogP contribution in [0.1, 0.15) is 32.8 Å². The summed E-state index contributed by atoms with van der Waals surface area (Å²) in [5.41, 5.74) is 0.492. The highest BCUT2D eigenvalue weighted by Crippen LogP contribution is 2.22. The van der Waals surface area contributed by atoms with E-state index < -0.39 is 40.2 Å². The summed E-state index contributed by atoms with van der Waals surface area (Å²) in [5, 5.41) is 2.73. The second-order valence-electron chi connectivity index (χ2n) is 7.78. The third-order valence-corrected chi connectivity index (χ3v) is 6.27. The average molecular weight is 494 g/mol. The summed E-state index contributed by atoms with van der Waals surface area (Å²) < 4.78 is 45.8. The van der Waals surface area contributed by atoms with Crippen LogP contribution in [0.2, 0.25) is 0 Å². The monoisotopic (exact) mass is 493 g/mol. The van der Waals surface area contributed by atoms with Crippen LogP contribution in [0.5, 0.6) is 5.75 Å². The van der Waals surface area contributed by atoms with E-state index in [1.165, 1.54) is 42.2 Å². The molecule has 1 unspecified atom stereocenters. The molecule has 0 saturated carbocycles. The molecule has 0 aliphatic carbocycles. The van der Waals surface area contributed by atoms with Gasteiger partial charge in [-0.1, -0.05) is 25.1 Å². The molecule has 0 aliphatic heterocycles. The zero-order valence-corrected chi connectivity index (χ0v) is 20.8. The summed E-state index contributed by atoms with van der Waals surface area (Å²) in [4.78, 5) is 27.2. The highest BCUT2D eigenvalue weighted by molar-refractivity contribution is 7.92. The Hall–Kier alpha value is -3.14. The fourth-order valence-electron chi connectivity index (χ4n) is 3.28. The van der Waals surface area contributed by atoms with Crippen LogP contribution in [-0.4, -0.2) is 57.1 Å². The molecule has 1 N–H and O–H groups in total. The fraction of sp³-hybridized carbons (Fsp3) is 0.417. The largest absolute Gasteiger partial charge is 0.494 e. The number of nitrogens with one attached hydrogen (secondary N) is 1. The highest BCUT2D eigenvalue weighted by Gasteiger charge is 2.30. The van der Waals surface area contributed by atoms with E-state index in [2.05, 4.69) is 5.32 Å². The van der Waals surface area contributed by atoms with Crippen molar-refractivity contribution in [3.63, 3.8) is 0 Å². The molecule has 2 aromatic carbocycles. The van der Waals surface area contributed by atoms with Gasteiger partial charge in [0.05, 0.1) is 18.6 Å². The first-order chi connectivity index (χ1) is 16.1. The van der Waals surface area contributed by atoms with Crippen molar-refractivity contribution in [3.05, 3.63) is 59.9 Å². The molecule has 0 heterocycles. The molecular weight excluding hydrogens is 461 g/mol. The van der Waals surface area contributed by atoms with E-state index in [9.17, 15) is 22.4 Å². The smallest absolute Gasteiger partial charge is 0.244 e. The van der Waals surface area contributed by atoms with E-state index in [-0.39, 0.29) is 17.8 Å². The predicted molar refractivity (Wildman–Crippen MR) is 130 cm³/mol. The highest BCUT2D eigenvalue weighted by atomic mass is 32.2. The molecule has 0 bridgehead atoms. The van der Waals surface area contributed by atoms with Gasteiger partial charge in [0.25, 0.3) is 0 Å². The number of hydrogen-bond donors (Lipinski definition) is 1. The lowest BCUT2D eigenvalue weighted by molar-refractivity contribution is -0.139. The van der Waals surface area contributed by atoms with Crippen molar-refractivity contribution in [1.29, 1.82) is 0 Å². The maximum atomic E-state index is 14.3. The lowest BCUT2D eigenvalue weighted by Crippen LogP contribution is -2.51. The molecule has 0 saturated heterocycles. The number of carbonyl (C=O) groups excluding carboxylic acids is 2. The summed E-state index contributed by atoms with van der Waals surface area (Å²) in [7, 11) is -3.84. The Kier molecular flexibility index (Phi) is 9.85. The van der Waals surface area contributed by atoms with Gasteiger partial charge in [0, 0.05) is 18.7 Å². The number of anilines is 1. The minimum Gasteiger partial charge on any atom is -0.494 e. The van der Waals surface area contributed by atoms with Crippen molar-refractivity contribution >= 4 is 27.5 Å². The maximum Gasteiger partial charge on any atom is 0.244 e. The van der Waals surface area contributed by atoms with Gasteiger partial charge >= 0.3 is 0 Å². The molecule has 2 amide bonds. The van der Waals surface area contributed by atoms with Crippen molar-refractivity contribution < 1.29 is 27.1 Å². The third-order valence-electron chi connectivity index (χ3n) is 5.13. The van der Waals surface area contributed by atoms with Crippen LogP contribution >= 0.6 is 0 Å². The minimum absolute atomic E-state index is 0.187. The first kappa shape index (κ1) is 27.1. The molecule has 8 nitrogen and oxygen atoms in total. The first-order valence-electron chi connectivity index (χ1n) is 11.1. The summed E-state index contributed by atoms with van der Waals surface area (Å²) in [6.45, 7) is 5.40. The summed E-state index contributed by atoms with van der Waals surface area (Å²) in [6, 6.07) is 11.3. The SMILES string of the molecule is CCCNC(=O)C(C)N(Cc1ccccc1F)C(=O)CN(c1ccc(OCC)cc1)S(C)(=O)=O. The summed E-state index contributed by atoms with van der Waals surface area (Å²) >= 11 is 0. The molecule has 34 heavy (non-hydrogen) atoms. The molecule has 0 fully saturated rings. The van der Waals surface area contributed by atoms with E-state index in [4.69, 9.17) is 4.74 Å².